The van der Waals surface area contributed by atoms with Crippen LogP contribution in [0.4, 0.5) is 0 Å². The molecule has 0 fully saturated rings. The third kappa shape index (κ3) is 3.18. The van der Waals surface area contributed by atoms with Crippen molar-refractivity contribution >= 4 is 65.5 Å². The first-order chi connectivity index (χ1) is 18.3. The molecule has 0 aliphatic heterocycles. The topological polar surface area (TPSA) is 25.8 Å². The minimum atomic E-state index is 0.951. The Labute approximate surface area is 217 Å². The second-order valence-electron chi connectivity index (χ2n) is 9.42. The zero-order chi connectivity index (χ0) is 24.3. The van der Waals surface area contributed by atoms with Crippen LogP contribution in [-0.2, 0) is 0 Å². The molecule has 0 N–H and O–H groups in total. The predicted octanol–water partition coefficient (Wildman–Crippen LogP) is 9.64. The highest BCUT2D eigenvalue weighted by molar-refractivity contribution is 7.18. The van der Waals surface area contributed by atoms with Gasteiger partial charge in [-0.1, -0.05) is 84.9 Å². The Balaban J connectivity index is 1.29. The van der Waals surface area contributed by atoms with E-state index in [9.17, 15) is 0 Å². The number of hydrogen-bond donors (Lipinski definition) is 0. The van der Waals surface area contributed by atoms with Gasteiger partial charge in [0.05, 0.1) is 21.6 Å². The second kappa shape index (κ2) is 7.95. The summed E-state index contributed by atoms with van der Waals surface area (Å²) >= 11 is 1.79. The summed E-state index contributed by atoms with van der Waals surface area (Å²) in [4.78, 5) is 12.1. The van der Waals surface area contributed by atoms with E-state index >= 15 is 0 Å². The molecule has 0 bridgehead atoms. The Kier molecular flexibility index (Phi) is 4.42. The van der Waals surface area contributed by atoms with Gasteiger partial charge in [-0.3, -0.25) is 4.98 Å². The van der Waals surface area contributed by atoms with Gasteiger partial charge >= 0.3 is 0 Å². The molecule has 37 heavy (non-hydrogen) atoms. The van der Waals surface area contributed by atoms with E-state index < -0.39 is 0 Å². The number of nitrogens with zero attached hydrogens (tertiary/aromatic N) is 2. The lowest BCUT2D eigenvalue weighted by Crippen LogP contribution is -1.87. The summed E-state index contributed by atoms with van der Waals surface area (Å²) in [5, 5.41) is 10.0. The van der Waals surface area contributed by atoms with E-state index in [1.165, 1.54) is 42.8 Å². The van der Waals surface area contributed by atoms with E-state index in [4.69, 9.17) is 4.98 Å². The lowest BCUT2D eigenvalue weighted by Gasteiger charge is -2.11. The molecule has 8 rings (SSSR count). The molecule has 3 heterocycles. The molecule has 2 nitrogen and oxygen atoms in total. The van der Waals surface area contributed by atoms with Gasteiger partial charge in [-0.05, 0) is 68.2 Å². The molecular weight excluding hydrogens is 468 g/mol. The summed E-state index contributed by atoms with van der Waals surface area (Å²) in [5.74, 6) is 0. The van der Waals surface area contributed by atoms with E-state index in [0.717, 1.165) is 32.4 Å². The molecule has 0 aliphatic rings. The third-order valence-electron chi connectivity index (χ3n) is 7.32. The SMILES string of the molecule is c1cnc2c(c1)ccc1ccc(-c3ccc(-c4ccc5c6ccccc6c6ccccc6c5c4)s3)nc12. The van der Waals surface area contributed by atoms with Crippen LogP contribution >= 0.6 is 11.3 Å². The second-order valence-corrected chi connectivity index (χ2v) is 10.5. The van der Waals surface area contributed by atoms with Crippen LogP contribution in [-0.4, -0.2) is 9.97 Å². The maximum absolute atomic E-state index is 5.05. The van der Waals surface area contributed by atoms with Crippen molar-refractivity contribution in [1.82, 2.24) is 9.97 Å². The number of benzene rings is 5. The van der Waals surface area contributed by atoms with Crippen molar-refractivity contribution in [3.05, 3.63) is 121 Å². The molecule has 0 saturated heterocycles. The number of aromatic nitrogens is 2. The molecule has 0 aliphatic carbocycles. The zero-order valence-electron chi connectivity index (χ0n) is 19.8. The van der Waals surface area contributed by atoms with Crippen LogP contribution < -0.4 is 0 Å². The van der Waals surface area contributed by atoms with Crippen LogP contribution in [0.2, 0.25) is 0 Å². The first kappa shape index (κ1) is 20.6. The smallest absolute Gasteiger partial charge is 0.0972 e. The Bertz CT molecular complexity index is 2120. The minimum Gasteiger partial charge on any atom is -0.254 e. The van der Waals surface area contributed by atoms with Crippen LogP contribution in [0.3, 0.4) is 0 Å². The fourth-order valence-corrected chi connectivity index (χ4v) is 6.52. The highest BCUT2D eigenvalue weighted by Gasteiger charge is 2.12. The van der Waals surface area contributed by atoms with Crippen LogP contribution in [0.5, 0.6) is 0 Å². The van der Waals surface area contributed by atoms with Gasteiger partial charge in [0.15, 0.2) is 0 Å². The molecule has 0 amide bonds. The van der Waals surface area contributed by atoms with E-state index in [0.29, 0.717) is 0 Å². The van der Waals surface area contributed by atoms with Crippen molar-refractivity contribution in [2.24, 2.45) is 0 Å². The van der Waals surface area contributed by atoms with Crippen molar-refractivity contribution in [3.8, 4) is 21.0 Å². The number of thiophene rings is 1. The van der Waals surface area contributed by atoms with Crippen molar-refractivity contribution in [3.63, 3.8) is 0 Å². The van der Waals surface area contributed by atoms with Gasteiger partial charge in [0.2, 0.25) is 0 Å². The summed E-state index contributed by atoms with van der Waals surface area (Å²) in [6.07, 6.45) is 1.84. The van der Waals surface area contributed by atoms with Crippen molar-refractivity contribution in [2.75, 3.05) is 0 Å². The van der Waals surface area contributed by atoms with Crippen LogP contribution in [0.25, 0.3) is 75.1 Å². The number of pyridine rings is 2. The first-order valence-electron chi connectivity index (χ1n) is 12.4. The molecule has 0 atom stereocenters. The normalized spacial score (nSPS) is 11.8. The van der Waals surface area contributed by atoms with E-state index in [-0.39, 0.29) is 0 Å². The van der Waals surface area contributed by atoms with E-state index in [1.807, 2.05) is 12.3 Å². The Morgan fingerprint density at radius 3 is 1.84 bits per heavy atom. The Morgan fingerprint density at radius 2 is 1.08 bits per heavy atom. The van der Waals surface area contributed by atoms with Gasteiger partial charge in [0.25, 0.3) is 0 Å². The van der Waals surface area contributed by atoms with Crippen molar-refractivity contribution in [1.29, 1.82) is 0 Å². The fraction of sp³-hybridized carbons (Fsp3) is 0. The van der Waals surface area contributed by atoms with E-state index in [1.54, 1.807) is 11.3 Å². The van der Waals surface area contributed by atoms with Gasteiger partial charge in [-0.25, -0.2) is 4.98 Å². The van der Waals surface area contributed by atoms with Gasteiger partial charge < -0.3 is 0 Å². The van der Waals surface area contributed by atoms with Gasteiger partial charge in [-0.2, -0.15) is 0 Å². The van der Waals surface area contributed by atoms with Gasteiger partial charge in [0, 0.05) is 21.8 Å². The van der Waals surface area contributed by atoms with Gasteiger partial charge in [0.1, 0.15) is 0 Å². The lowest BCUT2D eigenvalue weighted by molar-refractivity contribution is 1.38. The third-order valence-corrected chi connectivity index (χ3v) is 8.48. The highest BCUT2D eigenvalue weighted by Crippen LogP contribution is 2.40. The fourth-order valence-electron chi connectivity index (χ4n) is 5.55. The standard InChI is InChI=1S/C34H20N2S/c1-2-9-26-24(7-1)25-8-3-4-10-27(25)29-20-23(13-15-28(26)29)31-17-18-32(37-31)30-16-14-22-12-11-21-6-5-19-35-33(21)34(22)36-30/h1-20H. The van der Waals surface area contributed by atoms with Crippen LogP contribution in [0, 0.1) is 0 Å². The zero-order valence-corrected chi connectivity index (χ0v) is 20.7. The quantitative estimate of drug-likeness (QED) is 0.226. The summed E-state index contributed by atoms with van der Waals surface area (Å²) in [6, 6.07) is 41.3. The molecule has 5 aromatic carbocycles. The molecule has 3 heteroatoms. The summed E-state index contributed by atoms with van der Waals surface area (Å²) < 4.78 is 0. The largest absolute Gasteiger partial charge is 0.254 e. The summed E-state index contributed by atoms with van der Waals surface area (Å²) in [5.41, 5.74) is 4.12. The molecule has 172 valence electrons. The molecule has 8 aromatic rings. The van der Waals surface area contributed by atoms with Crippen LogP contribution in [0.15, 0.2) is 121 Å². The maximum Gasteiger partial charge on any atom is 0.0972 e. The van der Waals surface area contributed by atoms with E-state index in [2.05, 4.69) is 114 Å². The monoisotopic (exact) mass is 488 g/mol. The van der Waals surface area contributed by atoms with Crippen molar-refractivity contribution < 1.29 is 0 Å². The average Bonchev–Trinajstić information content (AvgIpc) is 3.47. The lowest BCUT2D eigenvalue weighted by atomic mass is 9.93. The van der Waals surface area contributed by atoms with Gasteiger partial charge in [-0.15, -0.1) is 11.3 Å². The number of fused-ring (bicyclic) bond motifs is 9. The molecule has 0 radical (unpaired) electrons. The number of hydrogen-bond acceptors (Lipinski definition) is 3. The molecule has 0 spiro atoms. The molecule has 0 saturated carbocycles. The molecule has 0 unspecified atom stereocenters. The Hall–Kier alpha value is -4.60. The molecular formula is C34H20N2S. The summed E-state index contributed by atoms with van der Waals surface area (Å²) in [7, 11) is 0. The predicted molar refractivity (Wildman–Crippen MR) is 158 cm³/mol. The molecule has 3 aromatic heterocycles. The van der Waals surface area contributed by atoms with Crippen molar-refractivity contribution in [2.45, 2.75) is 0 Å². The summed E-state index contributed by atoms with van der Waals surface area (Å²) in [6.45, 7) is 0. The minimum absolute atomic E-state index is 0.951. The maximum atomic E-state index is 5.05. The first-order valence-corrected chi connectivity index (χ1v) is 13.2. The highest BCUT2D eigenvalue weighted by atomic mass is 32.1. The average molecular weight is 489 g/mol. The number of rotatable bonds is 2. The Morgan fingerprint density at radius 1 is 0.459 bits per heavy atom. The van der Waals surface area contributed by atoms with Crippen LogP contribution in [0.1, 0.15) is 0 Å².